The van der Waals surface area contributed by atoms with Gasteiger partial charge in [0, 0.05) is 38.0 Å². The van der Waals surface area contributed by atoms with E-state index in [1.807, 2.05) is 33.9 Å². The molecule has 3 heterocycles. The van der Waals surface area contributed by atoms with Crippen LogP contribution in [-0.4, -0.2) is 39.6 Å². The monoisotopic (exact) mass is 325 g/mol. The maximum absolute atomic E-state index is 13.1. The van der Waals surface area contributed by atoms with Crippen molar-refractivity contribution < 1.29 is 9.53 Å². The van der Waals surface area contributed by atoms with Crippen LogP contribution in [0, 0.1) is 11.8 Å². The molecule has 1 aromatic heterocycles. The fraction of sp³-hybridized carbons (Fsp3) is 0.474. The first-order chi connectivity index (χ1) is 11.7. The Kier molecular flexibility index (Phi) is 4.10. The van der Waals surface area contributed by atoms with Gasteiger partial charge in [-0.25, -0.2) is 4.98 Å². The Hall–Kier alpha value is -2.14. The van der Waals surface area contributed by atoms with Gasteiger partial charge in [0.05, 0.1) is 12.4 Å². The lowest BCUT2D eigenvalue weighted by Gasteiger charge is -2.48. The number of benzene rings is 1. The van der Waals surface area contributed by atoms with E-state index in [9.17, 15) is 4.79 Å². The summed E-state index contributed by atoms with van der Waals surface area (Å²) in [6, 6.07) is 10.5. The molecule has 0 saturated carbocycles. The van der Waals surface area contributed by atoms with Crippen LogP contribution in [0.1, 0.15) is 24.9 Å². The Morgan fingerprint density at radius 2 is 2.17 bits per heavy atom. The van der Waals surface area contributed by atoms with Crippen LogP contribution in [0.5, 0.6) is 0 Å². The van der Waals surface area contributed by atoms with Gasteiger partial charge in [0.2, 0.25) is 0 Å². The molecule has 126 valence electrons. The molecule has 24 heavy (non-hydrogen) atoms. The number of imidazole rings is 1. The summed E-state index contributed by atoms with van der Waals surface area (Å²) >= 11 is 0. The first kappa shape index (κ1) is 15.4. The zero-order valence-electron chi connectivity index (χ0n) is 13.9. The second kappa shape index (κ2) is 6.40. The quantitative estimate of drug-likeness (QED) is 0.868. The summed E-state index contributed by atoms with van der Waals surface area (Å²) in [5.74, 6) is 0.855. The molecule has 2 aliphatic heterocycles. The number of likely N-dealkylation sites (tertiary alicyclic amines) is 1. The summed E-state index contributed by atoms with van der Waals surface area (Å²) in [7, 11) is 0. The summed E-state index contributed by atoms with van der Waals surface area (Å²) in [5, 5.41) is 0. The van der Waals surface area contributed by atoms with Gasteiger partial charge in [0.15, 0.2) is 0 Å². The summed E-state index contributed by atoms with van der Waals surface area (Å²) in [4.78, 5) is 19.2. The molecule has 0 bridgehead atoms. The van der Waals surface area contributed by atoms with Crippen LogP contribution in [0.15, 0.2) is 49.1 Å². The minimum Gasteiger partial charge on any atom is -0.368 e. The van der Waals surface area contributed by atoms with Gasteiger partial charge < -0.3 is 14.2 Å². The molecule has 2 aliphatic rings. The topological polar surface area (TPSA) is 47.4 Å². The number of hydrogen-bond donors (Lipinski definition) is 0. The third kappa shape index (κ3) is 2.73. The standard InChI is InChI=1S/C19H23N3O2/c1-14-11-22(17(14)15-5-3-2-4-6-15)19(23)18-16(7-10-24-18)12-21-9-8-20-13-21/h2-6,8-9,13-14,16-18H,7,10-12H2,1H3/t14?,16-,17?,18-/m1/s1. The molecule has 2 saturated heterocycles. The average Bonchev–Trinajstić information content (AvgIpc) is 3.25. The van der Waals surface area contributed by atoms with E-state index in [0.29, 0.717) is 12.5 Å². The van der Waals surface area contributed by atoms with E-state index in [2.05, 4.69) is 24.0 Å². The number of amides is 1. The van der Waals surface area contributed by atoms with Crippen LogP contribution in [0.25, 0.3) is 0 Å². The van der Waals surface area contributed by atoms with Crippen LogP contribution in [0.4, 0.5) is 0 Å². The number of carbonyl (C=O) groups excluding carboxylic acids is 1. The maximum atomic E-state index is 13.1. The minimum absolute atomic E-state index is 0.143. The SMILES string of the molecule is CC1CN(C(=O)[C@@H]2OCC[C@@H]2Cn2ccnc2)C1c1ccccc1. The van der Waals surface area contributed by atoms with Crippen LogP contribution < -0.4 is 0 Å². The van der Waals surface area contributed by atoms with Crippen LogP contribution >= 0.6 is 0 Å². The van der Waals surface area contributed by atoms with Crippen molar-refractivity contribution >= 4 is 5.91 Å². The molecular weight excluding hydrogens is 302 g/mol. The molecular formula is C19H23N3O2. The Bertz CT molecular complexity index is 686. The highest BCUT2D eigenvalue weighted by atomic mass is 16.5. The van der Waals surface area contributed by atoms with Gasteiger partial charge in [-0.1, -0.05) is 37.3 Å². The van der Waals surface area contributed by atoms with Gasteiger partial charge >= 0.3 is 0 Å². The van der Waals surface area contributed by atoms with Crippen molar-refractivity contribution in [1.82, 2.24) is 14.5 Å². The maximum Gasteiger partial charge on any atom is 0.252 e. The zero-order chi connectivity index (χ0) is 16.5. The number of carbonyl (C=O) groups is 1. The van der Waals surface area contributed by atoms with Crippen molar-refractivity contribution in [2.75, 3.05) is 13.2 Å². The Labute approximate surface area is 142 Å². The van der Waals surface area contributed by atoms with E-state index in [4.69, 9.17) is 4.74 Å². The lowest BCUT2D eigenvalue weighted by molar-refractivity contribution is -0.155. The summed E-state index contributed by atoms with van der Waals surface area (Å²) in [5.41, 5.74) is 1.22. The van der Waals surface area contributed by atoms with Gasteiger partial charge in [-0.3, -0.25) is 4.79 Å². The largest absolute Gasteiger partial charge is 0.368 e. The molecule has 4 rings (SSSR count). The van der Waals surface area contributed by atoms with Gasteiger partial charge in [0.25, 0.3) is 5.91 Å². The molecule has 0 spiro atoms. The predicted molar refractivity (Wildman–Crippen MR) is 90.1 cm³/mol. The van der Waals surface area contributed by atoms with Crippen LogP contribution in [0.3, 0.4) is 0 Å². The fourth-order valence-electron chi connectivity index (χ4n) is 4.00. The van der Waals surface area contributed by atoms with Crippen molar-refractivity contribution in [2.45, 2.75) is 32.0 Å². The van der Waals surface area contributed by atoms with Crippen molar-refractivity contribution in [3.63, 3.8) is 0 Å². The van der Waals surface area contributed by atoms with Crippen molar-refractivity contribution in [3.05, 3.63) is 54.6 Å². The van der Waals surface area contributed by atoms with Crippen molar-refractivity contribution in [3.8, 4) is 0 Å². The van der Waals surface area contributed by atoms with Crippen molar-refractivity contribution in [2.24, 2.45) is 11.8 Å². The smallest absolute Gasteiger partial charge is 0.252 e. The summed E-state index contributed by atoms with van der Waals surface area (Å²) in [6.45, 7) is 4.47. The average molecular weight is 325 g/mol. The molecule has 1 aromatic carbocycles. The third-order valence-corrected chi connectivity index (χ3v) is 5.25. The Morgan fingerprint density at radius 1 is 1.33 bits per heavy atom. The highest BCUT2D eigenvalue weighted by Crippen LogP contribution is 2.40. The number of rotatable bonds is 4. The van der Waals surface area contributed by atoms with E-state index >= 15 is 0 Å². The van der Waals surface area contributed by atoms with Gasteiger partial charge in [-0.2, -0.15) is 0 Å². The molecule has 2 unspecified atom stereocenters. The summed E-state index contributed by atoms with van der Waals surface area (Å²) in [6.07, 6.45) is 6.12. The van der Waals surface area contributed by atoms with E-state index in [0.717, 1.165) is 19.5 Å². The molecule has 5 nitrogen and oxygen atoms in total. The van der Waals surface area contributed by atoms with Gasteiger partial charge in [-0.05, 0) is 17.9 Å². The molecule has 1 amide bonds. The molecule has 0 aliphatic carbocycles. The second-order valence-electron chi connectivity index (χ2n) is 6.92. The lowest BCUT2D eigenvalue weighted by atomic mass is 9.83. The van der Waals surface area contributed by atoms with Gasteiger partial charge in [0.1, 0.15) is 6.10 Å². The molecule has 0 radical (unpaired) electrons. The molecule has 2 fully saturated rings. The number of nitrogens with zero attached hydrogens (tertiary/aromatic N) is 3. The summed E-state index contributed by atoms with van der Waals surface area (Å²) < 4.78 is 7.86. The highest BCUT2D eigenvalue weighted by Gasteiger charge is 2.45. The van der Waals surface area contributed by atoms with E-state index in [-0.39, 0.29) is 24.0 Å². The molecule has 2 aromatic rings. The third-order valence-electron chi connectivity index (χ3n) is 5.25. The zero-order valence-corrected chi connectivity index (χ0v) is 13.9. The number of ether oxygens (including phenoxy) is 1. The molecule has 5 heteroatoms. The minimum atomic E-state index is -0.328. The van der Waals surface area contributed by atoms with E-state index in [1.165, 1.54) is 5.56 Å². The number of aromatic nitrogens is 2. The lowest BCUT2D eigenvalue weighted by Crippen LogP contribution is -2.55. The Morgan fingerprint density at radius 3 is 2.88 bits per heavy atom. The second-order valence-corrected chi connectivity index (χ2v) is 6.92. The molecule has 4 atom stereocenters. The van der Waals surface area contributed by atoms with Crippen LogP contribution in [-0.2, 0) is 16.1 Å². The van der Waals surface area contributed by atoms with Gasteiger partial charge in [-0.15, -0.1) is 0 Å². The highest BCUT2D eigenvalue weighted by molar-refractivity contribution is 5.83. The first-order valence-corrected chi connectivity index (χ1v) is 8.67. The van der Waals surface area contributed by atoms with Crippen molar-refractivity contribution in [1.29, 1.82) is 0 Å². The molecule has 0 N–H and O–H groups in total. The van der Waals surface area contributed by atoms with E-state index in [1.54, 1.807) is 12.5 Å². The first-order valence-electron chi connectivity index (χ1n) is 8.67. The fourth-order valence-corrected chi connectivity index (χ4v) is 4.00. The normalized spacial score (nSPS) is 29.5. The Balaban J connectivity index is 1.48. The van der Waals surface area contributed by atoms with E-state index < -0.39 is 0 Å². The predicted octanol–water partition coefficient (Wildman–Crippen LogP) is 2.51. The van der Waals surface area contributed by atoms with Crippen LogP contribution in [0.2, 0.25) is 0 Å². The number of hydrogen-bond acceptors (Lipinski definition) is 3.